The number of allylic oxidation sites excluding steroid dienone is 6. The summed E-state index contributed by atoms with van der Waals surface area (Å²) in [6.07, 6.45) is 75.1. The van der Waals surface area contributed by atoms with Gasteiger partial charge in [0.05, 0.1) is 13.2 Å². The maximum absolute atomic E-state index is 12.7. The molecule has 0 aromatic carbocycles. The Bertz CT molecular complexity index is 1320. The number of phosphoric ester groups is 1. The summed E-state index contributed by atoms with van der Waals surface area (Å²) >= 11 is 0. The van der Waals surface area contributed by atoms with E-state index in [2.05, 4.69) is 50.3 Å². The van der Waals surface area contributed by atoms with E-state index < -0.39 is 26.5 Å². The van der Waals surface area contributed by atoms with Gasteiger partial charge in [-0.2, -0.15) is 0 Å². The molecule has 3 N–H and O–H groups in total. The van der Waals surface area contributed by atoms with Crippen molar-refractivity contribution in [3.05, 3.63) is 36.5 Å². The highest BCUT2D eigenvalue weighted by Crippen LogP contribution is 2.43. The number of hydrogen-bond donors (Lipinski definition) is 2. The van der Waals surface area contributed by atoms with Gasteiger partial charge in [-0.15, -0.1) is 0 Å². The van der Waals surface area contributed by atoms with Crippen molar-refractivity contribution in [1.82, 2.24) is 0 Å². The molecule has 2 unspecified atom stereocenters. The number of nitrogens with two attached hydrogens (primary N) is 1. The number of hydrogen-bond acceptors (Lipinski definition) is 8. The Hall–Kier alpha value is -1.77. The van der Waals surface area contributed by atoms with Gasteiger partial charge >= 0.3 is 19.8 Å². The van der Waals surface area contributed by atoms with Gasteiger partial charge in [0.15, 0.2) is 6.10 Å². The molecule has 2 atom stereocenters. The van der Waals surface area contributed by atoms with Crippen molar-refractivity contribution in [1.29, 1.82) is 0 Å². The Kier molecular flexibility index (Phi) is 60.0. The van der Waals surface area contributed by atoms with Gasteiger partial charge in [-0.1, -0.05) is 307 Å². The standard InChI is InChI=1S/C65H124NO8P/c1-3-5-7-9-11-13-15-17-19-21-23-25-27-28-29-30-31-32-33-34-36-37-39-41-43-45-47-49-51-53-55-57-64(67)71-61-63(62-73-75(69,70)72-60-59-66)74-65(68)58-56-54-52-50-48-46-44-42-40-38-35-26-24-22-20-18-16-14-12-10-8-6-4-2/h16,18,22,24,35,38,63H,3-15,17,19-21,23,25-34,36-37,39-62,66H2,1-2H3,(H,69,70)/b18-16-,24-22-,38-35-. The van der Waals surface area contributed by atoms with Crippen LogP contribution in [0.3, 0.4) is 0 Å². The normalized spacial score (nSPS) is 13.2. The highest BCUT2D eigenvalue weighted by atomic mass is 31.2. The van der Waals surface area contributed by atoms with Crippen molar-refractivity contribution in [2.75, 3.05) is 26.4 Å². The number of rotatable bonds is 62. The molecule has 0 saturated carbocycles. The molecular formula is C65H124NO8P. The summed E-state index contributed by atoms with van der Waals surface area (Å²) in [7, 11) is -4.39. The zero-order chi connectivity index (χ0) is 54.5. The van der Waals surface area contributed by atoms with Crippen LogP contribution in [0.4, 0.5) is 0 Å². The lowest BCUT2D eigenvalue weighted by Gasteiger charge is -2.19. The molecule has 0 radical (unpaired) electrons. The SMILES string of the molecule is CCCCCCC/C=C\C/C=C\C/C=C\CCCCCCCCCCC(=O)OC(COC(=O)CCCCCCCCCCCCCCCCCCCCCCCCCCCCCCCCC)COP(=O)(O)OCCN. The molecule has 0 aromatic rings. The van der Waals surface area contributed by atoms with Crippen molar-refractivity contribution >= 4 is 19.8 Å². The van der Waals surface area contributed by atoms with Crippen LogP contribution in [0.1, 0.15) is 335 Å². The highest BCUT2D eigenvalue weighted by molar-refractivity contribution is 7.47. The first-order chi connectivity index (χ1) is 36.8. The van der Waals surface area contributed by atoms with E-state index in [9.17, 15) is 19.0 Å². The lowest BCUT2D eigenvalue weighted by Crippen LogP contribution is -2.29. The fraction of sp³-hybridized carbons (Fsp3) is 0.877. The Labute approximate surface area is 464 Å². The molecule has 0 aliphatic heterocycles. The summed E-state index contributed by atoms with van der Waals surface area (Å²) in [6.45, 7) is 3.78. The molecule has 0 heterocycles. The Morgan fingerprint density at radius 3 is 1.03 bits per heavy atom. The first kappa shape index (κ1) is 73.2. The Balaban J connectivity index is 3.87. The van der Waals surface area contributed by atoms with E-state index in [0.29, 0.717) is 6.42 Å². The maximum Gasteiger partial charge on any atom is 0.472 e. The first-order valence-corrected chi connectivity index (χ1v) is 34.0. The van der Waals surface area contributed by atoms with Crippen LogP contribution in [0.15, 0.2) is 36.5 Å². The van der Waals surface area contributed by atoms with E-state index in [4.69, 9.17) is 24.3 Å². The Morgan fingerprint density at radius 2 is 0.693 bits per heavy atom. The summed E-state index contributed by atoms with van der Waals surface area (Å²) in [4.78, 5) is 35.3. The van der Waals surface area contributed by atoms with E-state index >= 15 is 0 Å². The van der Waals surface area contributed by atoms with Crippen LogP contribution in [0.2, 0.25) is 0 Å². The molecule has 442 valence electrons. The smallest absolute Gasteiger partial charge is 0.462 e. The van der Waals surface area contributed by atoms with E-state index in [1.165, 1.54) is 244 Å². The van der Waals surface area contributed by atoms with Crippen molar-refractivity contribution in [2.45, 2.75) is 341 Å². The van der Waals surface area contributed by atoms with Gasteiger partial charge in [0.25, 0.3) is 0 Å². The van der Waals surface area contributed by atoms with Crippen LogP contribution in [-0.2, 0) is 32.7 Å². The van der Waals surface area contributed by atoms with Crippen LogP contribution < -0.4 is 5.73 Å². The molecule has 0 amide bonds. The number of ether oxygens (including phenoxy) is 2. The second-order valence-corrected chi connectivity index (χ2v) is 23.4. The Morgan fingerprint density at radius 1 is 0.400 bits per heavy atom. The van der Waals surface area contributed by atoms with Crippen molar-refractivity contribution in [2.24, 2.45) is 5.73 Å². The van der Waals surface area contributed by atoms with Crippen molar-refractivity contribution < 1.29 is 37.6 Å². The van der Waals surface area contributed by atoms with Gasteiger partial charge in [-0.25, -0.2) is 4.57 Å². The minimum Gasteiger partial charge on any atom is -0.462 e. The van der Waals surface area contributed by atoms with Gasteiger partial charge in [0.1, 0.15) is 6.61 Å². The van der Waals surface area contributed by atoms with Gasteiger partial charge in [-0.05, 0) is 51.4 Å². The third kappa shape index (κ3) is 61.3. The predicted molar refractivity (Wildman–Crippen MR) is 321 cm³/mol. The zero-order valence-electron chi connectivity index (χ0n) is 49.6. The second-order valence-electron chi connectivity index (χ2n) is 22.0. The number of carbonyl (C=O) groups is 2. The maximum atomic E-state index is 12.7. The molecule has 0 saturated heterocycles. The molecule has 0 aliphatic carbocycles. The topological polar surface area (TPSA) is 134 Å². The summed E-state index contributed by atoms with van der Waals surface area (Å²) in [5, 5.41) is 0. The monoisotopic (exact) mass is 1080 g/mol. The summed E-state index contributed by atoms with van der Waals surface area (Å²) in [6, 6.07) is 0. The van der Waals surface area contributed by atoms with Gasteiger partial charge in [0.2, 0.25) is 0 Å². The third-order valence-corrected chi connectivity index (χ3v) is 15.5. The molecule has 0 spiro atoms. The first-order valence-electron chi connectivity index (χ1n) is 32.5. The number of phosphoric acid groups is 1. The van der Waals surface area contributed by atoms with Crippen LogP contribution >= 0.6 is 7.82 Å². The van der Waals surface area contributed by atoms with Crippen LogP contribution in [-0.4, -0.2) is 49.3 Å². The van der Waals surface area contributed by atoms with E-state index in [1.54, 1.807) is 0 Å². The molecular weight excluding hydrogens is 954 g/mol. The molecule has 0 fully saturated rings. The van der Waals surface area contributed by atoms with Gasteiger partial charge in [-0.3, -0.25) is 18.6 Å². The summed E-state index contributed by atoms with van der Waals surface area (Å²) in [5.74, 6) is -0.819. The van der Waals surface area contributed by atoms with Gasteiger partial charge < -0.3 is 20.1 Å². The van der Waals surface area contributed by atoms with E-state index in [1.807, 2.05) is 0 Å². The average Bonchev–Trinajstić information content (AvgIpc) is 3.40. The van der Waals surface area contributed by atoms with E-state index in [0.717, 1.165) is 57.8 Å². The van der Waals surface area contributed by atoms with Crippen LogP contribution in [0.25, 0.3) is 0 Å². The predicted octanol–water partition coefficient (Wildman–Crippen LogP) is 20.7. The second kappa shape index (κ2) is 61.4. The average molecular weight is 1080 g/mol. The number of esters is 2. The molecule has 0 bridgehead atoms. The minimum absolute atomic E-state index is 0.0531. The molecule has 10 heteroatoms. The van der Waals surface area contributed by atoms with Crippen LogP contribution in [0.5, 0.6) is 0 Å². The fourth-order valence-electron chi connectivity index (χ4n) is 9.71. The fourth-order valence-corrected chi connectivity index (χ4v) is 10.5. The van der Waals surface area contributed by atoms with Crippen molar-refractivity contribution in [3.63, 3.8) is 0 Å². The van der Waals surface area contributed by atoms with Crippen LogP contribution in [0, 0.1) is 0 Å². The quantitative estimate of drug-likeness (QED) is 0.0264. The van der Waals surface area contributed by atoms with Gasteiger partial charge in [0, 0.05) is 19.4 Å². The lowest BCUT2D eigenvalue weighted by atomic mass is 10.0. The van der Waals surface area contributed by atoms with Crippen molar-refractivity contribution in [3.8, 4) is 0 Å². The molecule has 0 rings (SSSR count). The molecule has 0 aromatic heterocycles. The number of unbranched alkanes of at least 4 members (excludes halogenated alkanes) is 43. The molecule has 75 heavy (non-hydrogen) atoms. The van der Waals surface area contributed by atoms with E-state index in [-0.39, 0.29) is 38.6 Å². The zero-order valence-corrected chi connectivity index (χ0v) is 50.4. The molecule has 0 aliphatic rings. The third-order valence-electron chi connectivity index (χ3n) is 14.5. The summed E-state index contributed by atoms with van der Waals surface area (Å²) in [5.41, 5.74) is 5.39. The largest absolute Gasteiger partial charge is 0.472 e. The molecule has 9 nitrogen and oxygen atoms in total. The minimum atomic E-state index is -4.39. The number of carbonyl (C=O) groups excluding carboxylic acids is 2. The lowest BCUT2D eigenvalue weighted by molar-refractivity contribution is -0.161. The summed E-state index contributed by atoms with van der Waals surface area (Å²) < 4.78 is 33.1. The highest BCUT2D eigenvalue weighted by Gasteiger charge is 2.26.